The second-order valence-corrected chi connectivity index (χ2v) is 9.80. The number of nitrogens with zero attached hydrogens (tertiary/aromatic N) is 2. The number of anilines is 1. The summed E-state index contributed by atoms with van der Waals surface area (Å²) in [6.45, 7) is 1.67. The van der Waals surface area contributed by atoms with Crippen molar-refractivity contribution in [3.8, 4) is 16.3 Å². The molecule has 1 fully saturated rings. The number of benzene rings is 1. The monoisotopic (exact) mass is 432 g/mol. The van der Waals surface area contributed by atoms with Crippen LogP contribution in [0.4, 0.5) is 5.82 Å². The molecule has 3 heterocycles. The van der Waals surface area contributed by atoms with Gasteiger partial charge in [0.25, 0.3) is 0 Å². The van der Waals surface area contributed by atoms with Crippen LogP contribution in [0.15, 0.2) is 53.9 Å². The Morgan fingerprint density at radius 3 is 2.69 bits per heavy atom. The van der Waals surface area contributed by atoms with Gasteiger partial charge in [0, 0.05) is 25.2 Å². The molecule has 3 aromatic rings. The Kier molecular flexibility index (Phi) is 6.17. The van der Waals surface area contributed by atoms with Gasteiger partial charge in [-0.1, -0.05) is 24.3 Å². The molecule has 0 spiro atoms. The molecule has 1 saturated heterocycles. The molecule has 29 heavy (non-hydrogen) atoms. The molecule has 1 aliphatic heterocycles. The van der Waals surface area contributed by atoms with E-state index in [0.717, 1.165) is 42.3 Å². The van der Waals surface area contributed by atoms with Gasteiger partial charge < -0.3 is 9.64 Å². The maximum absolute atomic E-state index is 12.4. The quantitative estimate of drug-likeness (QED) is 0.571. The molecule has 1 aliphatic rings. The number of H-pyrrole nitrogens is 1. The van der Waals surface area contributed by atoms with Crippen LogP contribution in [0.3, 0.4) is 0 Å². The third-order valence-electron chi connectivity index (χ3n) is 4.88. The van der Waals surface area contributed by atoms with Gasteiger partial charge in [0.05, 0.1) is 16.3 Å². The number of piperidine rings is 1. The fraction of sp³-hybridized carbons (Fsp3) is 0.350. The largest absolute Gasteiger partial charge is 0.492 e. The molecule has 0 saturated carbocycles. The average Bonchev–Trinajstić information content (AvgIpc) is 3.41. The highest BCUT2D eigenvalue weighted by atomic mass is 32.2. The van der Waals surface area contributed by atoms with Crippen LogP contribution in [0.25, 0.3) is 10.6 Å². The first kappa shape index (κ1) is 19.9. The lowest BCUT2D eigenvalue weighted by atomic mass is 10.1. The van der Waals surface area contributed by atoms with Gasteiger partial charge in [-0.3, -0.25) is 5.10 Å². The highest BCUT2D eigenvalue weighted by Gasteiger charge is 2.25. The van der Waals surface area contributed by atoms with Crippen molar-refractivity contribution in [3.05, 3.63) is 53.9 Å². The van der Waals surface area contributed by atoms with Crippen molar-refractivity contribution in [2.45, 2.75) is 18.9 Å². The molecule has 4 rings (SSSR count). The molecule has 9 heteroatoms. The molecule has 0 unspecified atom stereocenters. The van der Waals surface area contributed by atoms with E-state index in [-0.39, 0.29) is 18.4 Å². The number of sulfonamides is 1. The summed E-state index contributed by atoms with van der Waals surface area (Å²) in [5, 5.41) is 9.54. The van der Waals surface area contributed by atoms with Crippen molar-refractivity contribution >= 4 is 27.2 Å². The first-order valence-electron chi connectivity index (χ1n) is 9.61. The van der Waals surface area contributed by atoms with E-state index in [1.165, 1.54) is 0 Å². The van der Waals surface area contributed by atoms with Gasteiger partial charge in [0.2, 0.25) is 10.0 Å². The standard InChI is InChI=1S/C20H24N4O3S2/c25-29(26,14-12-27-17-5-2-1-3-6-17)23-16-8-10-24(11-9-16)20-15-18(21-22-20)19-7-4-13-28-19/h1-7,13,15-16,23H,8-12,14H2,(H,21,22). The Hall–Kier alpha value is -2.36. The fourth-order valence-electron chi connectivity index (χ4n) is 3.36. The first-order valence-corrected chi connectivity index (χ1v) is 12.1. The van der Waals surface area contributed by atoms with Crippen LogP contribution >= 0.6 is 11.3 Å². The number of aromatic amines is 1. The van der Waals surface area contributed by atoms with Crippen LogP contribution in [0.1, 0.15) is 12.8 Å². The third-order valence-corrected chi connectivity index (χ3v) is 7.18. The highest BCUT2D eigenvalue weighted by Crippen LogP contribution is 2.27. The molecule has 0 radical (unpaired) electrons. The lowest BCUT2D eigenvalue weighted by Gasteiger charge is -2.32. The summed E-state index contributed by atoms with van der Waals surface area (Å²) in [7, 11) is -3.37. The maximum atomic E-state index is 12.4. The third kappa shape index (κ3) is 5.37. The number of hydrogen-bond acceptors (Lipinski definition) is 6. The zero-order valence-electron chi connectivity index (χ0n) is 16.0. The van der Waals surface area contributed by atoms with Crippen molar-refractivity contribution in [2.75, 3.05) is 30.3 Å². The second kappa shape index (κ2) is 8.98. The topological polar surface area (TPSA) is 87.3 Å². The minimum atomic E-state index is -3.37. The Balaban J connectivity index is 1.24. The Labute approximate surface area is 174 Å². The van der Waals surface area contributed by atoms with Gasteiger partial charge in [-0.25, -0.2) is 13.1 Å². The van der Waals surface area contributed by atoms with Crippen LogP contribution in [-0.2, 0) is 10.0 Å². The summed E-state index contributed by atoms with van der Waals surface area (Å²) >= 11 is 1.67. The number of para-hydroxylation sites is 1. The molecular weight excluding hydrogens is 408 g/mol. The van der Waals surface area contributed by atoms with Crippen LogP contribution in [0.2, 0.25) is 0 Å². The minimum absolute atomic E-state index is 0.0500. The summed E-state index contributed by atoms with van der Waals surface area (Å²) in [5.74, 6) is 1.54. The van der Waals surface area contributed by atoms with Gasteiger partial charge in [-0.15, -0.1) is 11.3 Å². The van der Waals surface area contributed by atoms with Crippen LogP contribution in [0, 0.1) is 0 Å². The van der Waals surface area contributed by atoms with Gasteiger partial charge in [0.15, 0.2) is 5.82 Å². The summed E-state index contributed by atoms with van der Waals surface area (Å²) < 4.78 is 33.0. The van der Waals surface area contributed by atoms with E-state index in [9.17, 15) is 8.42 Å². The van der Waals surface area contributed by atoms with E-state index in [2.05, 4.69) is 32.0 Å². The minimum Gasteiger partial charge on any atom is -0.492 e. The number of thiophene rings is 1. The number of nitrogens with one attached hydrogen (secondary N) is 2. The number of aromatic nitrogens is 2. The molecule has 2 N–H and O–H groups in total. The summed E-state index contributed by atoms with van der Waals surface area (Å²) in [5.41, 5.74) is 1.01. The Morgan fingerprint density at radius 2 is 1.97 bits per heavy atom. The van der Waals surface area contributed by atoms with Crippen LogP contribution < -0.4 is 14.4 Å². The molecule has 0 aliphatic carbocycles. The second-order valence-electron chi connectivity index (χ2n) is 6.98. The molecule has 0 amide bonds. The summed E-state index contributed by atoms with van der Waals surface area (Å²) in [6, 6.07) is 15.3. The van der Waals surface area contributed by atoms with Crippen molar-refractivity contribution in [1.82, 2.24) is 14.9 Å². The van der Waals surface area contributed by atoms with E-state index < -0.39 is 10.0 Å². The Morgan fingerprint density at radius 1 is 1.17 bits per heavy atom. The predicted molar refractivity (Wildman–Crippen MR) is 116 cm³/mol. The predicted octanol–water partition coefficient (Wildman–Crippen LogP) is 3.11. The number of ether oxygens (including phenoxy) is 1. The van der Waals surface area contributed by atoms with Crippen molar-refractivity contribution in [1.29, 1.82) is 0 Å². The Bertz CT molecular complexity index is 996. The molecule has 2 aromatic heterocycles. The zero-order valence-corrected chi connectivity index (χ0v) is 17.6. The average molecular weight is 433 g/mol. The van der Waals surface area contributed by atoms with Crippen molar-refractivity contribution < 1.29 is 13.2 Å². The summed E-state index contributed by atoms with van der Waals surface area (Å²) in [4.78, 5) is 3.35. The van der Waals surface area contributed by atoms with E-state index >= 15 is 0 Å². The van der Waals surface area contributed by atoms with Gasteiger partial charge >= 0.3 is 0 Å². The maximum Gasteiger partial charge on any atom is 0.215 e. The van der Waals surface area contributed by atoms with Crippen LogP contribution in [-0.4, -0.2) is 50.1 Å². The van der Waals surface area contributed by atoms with E-state index in [4.69, 9.17) is 4.74 Å². The van der Waals surface area contributed by atoms with Crippen LogP contribution in [0.5, 0.6) is 5.75 Å². The molecule has 1 aromatic carbocycles. The number of hydrogen-bond donors (Lipinski definition) is 2. The fourth-order valence-corrected chi connectivity index (χ4v) is 5.21. The SMILES string of the molecule is O=S(=O)(CCOc1ccccc1)NC1CCN(c2cc(-c3cccs3)[nH]n2)CC1. The molecule has 0 atom stereocenters. The highest BCUT2D eigenvalue weighted by molar-refractivity contribution is 7.89. The molecule has 154 valence electrons. The van der Waals surface area contributed by atoms with Gasteiger partial charge in [-0.2, -0.15) is 5.10 Å². The van der Waals surface area contributed by atoms with Crippen molar-refractivity contribution in [3.63, 3.8) is 0 Å². The van der Waals surface area contributed by atoms with Gasteiger partial charge in [-0.05, 0) is 36.4 Å². The van der Waals surface area contributed by atoms with E-state index in [0.29, 0.717) is 5.75 Å². The first-order chi connectivity index (χ1) is 14.1. The number of rotatable bonds is 8. The smallest absolute Gasteiger partial charge is 0.215 e. The molecule has 0 bridgehead atoms. The lowest BCUT2D eigenvalue weighted by Crippen LogP contribution is -2.45. The normalized spacial score (nSPS) is 15.5. The van der Waals surface area contributed by atoms with Crippen molar-refractivity contribution in [2.24, 2.45) is 0 Å². The van der Waals surface area contributed by atoms with Gasteiger partial charge in [0.1, 0.15) is 12.4 Å². The van der Waals surface area contributed by atoms with E-state index in [1.54, 1.807) is 11.3 Å². The molecular formula is C20H24N4O3S2. The lowest BCUT2D eigenvalue weighted by molar-refractivity contribution is 0.339. The molecule has 7 nitrogen and oxygen atoms in total. The van der Waals surface area contributed by atoms with E-state index in [1.807, 2.05) is 41.8 Å². The summed E-state index contributed by atoms with van der Waals surface area (Å²) in [6.07, 6.45) is 1.50. The zero-order chi connectivity index (χ0) is 20.1.